The van der Waals surface area contributed by atoms with Crippen molar-refractivity contribution in [3.63, 3.8) is 0 Å². The van der Waals surface area contributed by atoms with Gasteiger partial charge in [-0.2, -0.15) is 5.10 Å². The molecule has 0 aromatic heterocycles. The molecule has 5 nitrogen and oxygen atoms in total. The predicted octanol–water partition coefficient (Wildman–Crippen LogP) is 4.88. The molecule has 1 heterocycles. The summed E-state index contributed by atoms with van der Waals surface area (Å²) in [5.41, 5.74) is 5.81. The Hall–Kier alpha value is -3.09. The van der Waals surface area contributed by atoms with Crippen LogP contribution in [0.25, 0.3) is 0 Å². The molecule has 0 saturated carbocycles. The second kappa shape index (κ2) is 9.81. The molecule has 1 atom stereocenters. The highest BCUT2D eigenvalue weighted by atomic mass is 35.5. The highest BCUT2D eigenvalue weighted by Crippen LogP contribution is 2.39. The van der Waals surface area contributed by atoms with Gasteiger partial charge in [-0.05, 0) is 29.3 Å². The molecule has 3 aromatic rings. The normalized spacial score (nSPS) is 16.1. The topological polar surface area (TPSA) is 61.8 Å². The second-order valence-corrected chi connectivity index (χ2v) is 8.49. The molecule has 1 aliphatic rings. The Balaban J connectivity index is 1.41. The molecule has 0 bridgehead atoms. The first kappa shape index (κ1) is 21.2. The van der Waals surface area contributed by atoms with E-state index in [1.54, 1.807) is 30.0 Å². The van der Waals surface area contributed by atoms with Crippen molar-refractivity contribution in [3.8, 4) is 0 Å². The minimum Gasteiger partial charge on any atom is -0.322 e. The van der Waals surface area contributed by atoms with E-state index in [4.69, 9.17) is 11.6 Å². The van der Waals surface area contributed by atoms with E-state index >= 15 is 0 Å². The van der Waals surface area contributed by atoms with Crippen molar-refractivity contribution < 1.29 is 9.59 Å². The van der Waals surface area contributed by atoms with E-state index in [2.05, 4.69) is 10.5 Å². The summed E-state index contributed by atoms with van der Waals surface area (Å²) in [4.78, 5) is 26.7. The number of hydrazone groups is 1. The number of thioether (sulfide) groups is 1. The van der Waals surface area contributed by atoms with Gasteiger partial charge < -0.3 is 4.90 Å². The molecule has 3 aromatic carbocycles. The molecule has 0 aliphatic carbocycles. The van der Waals surface area contributed by atoms with E-state index in [1.165, 1.54) is 6.21 Å². The molecule has 31 heavy (non-hydrogen) atoms. The van der Waals surface area contributed by atoms with Crippen LogP contribution in [0.3, 0.4) is 0 Å². The summed E-state index contributed by atoms with van der Waals surface area (Å²) in [5, 5.41) is 4.48. The maximum atomic E-state index is 12.4. The zero-order chi connectivity index (χ0) is 21.6. The molecular formula is C24H20ClN3O2S. The highest BCUT2D eigenvalue weighted by Gasteiger charge is 2.32. The number of carbonyl (C=O) groups excluding carboxylic acids is 2. The van der Waals surface area contributed by atoms with E-state index in [1.807, 2.05) is 65.6 Å². The van der Waals surface area contributed by atoms with Gasteiger partial charge >= 0.3 is 0 Å². The average Bonchev–Trinajstić information content (AvgIpc) is 3.16. The number of benzene rings is 3. The molecule has 0 spiro atoms. The summed E-state index contributed by atoms with van der Waals surface area (Å²) in [6, 6.07) is 24.5. The van der Waals surface area contributed by atoms with E-state index in [9.17, 15) is 9.59 Å². The number of nitrogens with one attached hydrogen (secondary N) is 1. The molecule has 2 amide bonds. The van der Waals surface area contributed by atoms with Crippen molar-refractivity contribution in [2.24, 2.45) is 5.10 Å². The molecule has 7 heteroatoms. The standard InChI is InChI=1S/C24H20ClN3O2S/c25-21-9-5-4-8-20(21)14-26-27-23(30)18-10-12-19(13-11-18)24-28(22(29)16-31-24)15-17-6-2-1-3-7-17/h1-14,24H,15-16H2,(H,27,30)/b26-14-/t24-/m1/s1. The minimum absolute atomic E-state index is 0.0666. The molecular weight excluding hydrogens is 430 g/mol. The van der Waals surface area contributed by atoms with Crippen molar-refractivity contribution in [2.45, 2.75) is 11.9 Å². The van der Waals surface area contributed by atoms with Crippen LogP contribution in [0, 0.1) is 0 Å². The fourth-order valence-corrected chi connectivity index (χ4v) is 4.66. The number of carbonyl (C=O) groups is 2. The van der Waals surface area contributed by atoms with Crippen molar-refractivity contribution in [3.05, 3.63) is 106 Å². The van der Waals surface area contributed by atoms with Gasteiger partial charge in [0.2, 0.25) is 5.91 Å². The zero-order valence-corrected chi connectivity index (χ0v) is 18.1. The van der Waals surface area contributed by atoms with Crippen LogP contribution in [0.2, 0.25) is 5.02 Å². The lowest BCUT2D eigenvalue weighted by molar-refractivity contribution is -0.128. The van der Waals surface area contributed by atoms with E-state index in [-0.39, 0.29) is 17.2 Å². The summed E-state index contributed by atoms with van der Waals surface area (Å²) in [7, 11) is 0. The van der Waals surface area contributed by atoms with Crippen molar-refractivity contribution in [1.29, 1.82) is 0 Å². The lowest BCUT2D eigenvalue weighted by Crippen LogP contribution is -2.27. The highest BCUT2D eigenvalue weighted by molar-refractivity contribution is 8.00. The maximum absolute atomic E-state index is 12.4. The van der Waals surface area contributed by atoms with Crippen molar-refractivity contribution in [2.75, 3.05) is 5.75 Å². The summed E-state index contributed by atoms with van der Waals surface area (Å²) >= 11 is 7.67. The Labute approximate surface area is 190 Å². The van der Waals surface area contributed by atoms with Crippen molar-refractivity contribution >= 4 is 41.4 Å². The van der Waals surface area contributed by atoms with Crippen LogP contribution in [0.4, 0.5) is 0 Å². The molecule has 0 unspecified atom stereocenters. The van der Waals surface area contributed by atoms with Crippen LogP contribution in [0.15, 0.2) is 84.0 Å². The number of amides is 2. The first-order chi connectivity index (χ1) is 15.1. The lowest BCUT2D eigenvalue weighted by Gasteiger charge is -2.24. The molecule has 1 aliphatic heterocycles. The summed E-state index contributed by atoms with van der Waals surface area (Å²) in [6.07, 6.45) is 1.51. The molecule has 156 valence electrons. The Morgan fingerprint density at radius 3 is 2.52 bits per heavy atom. The summed E-state index contributed by atoms with van der Waals surface area (Å²) in [6.45, 7) is 0.566. The molecule has 4 rings (SSSR count). The van der Waals surface area contributed by atoms with Gasteiger partial charge in [0.15, 0.2) is 0 Å². The van der Waals surface area contributed by atoms with Gasteiger partial charge in [-0.15, -0.1) is 11.8 Å². The molecule has 1 N–H and O–H groups in total. The smallest absolute Gasteiger partial charge is 0.271 e. The fourth-order valence-electron chi connectivity index (χ4n) is 3.29. The first-order valence-electron chi connectivity index (χ1n) is 9.75. The van der Waals surface area contributed by atoms with Gasteiger partial charge in [0.1, 0.15) is 5.37 Å². The van der Waals surface area contributed by atoms with E-state index in [0.717, 1.165) is 16.7 Å². The van der Waals surface area contributed by atoms with Gasteiger partial charge in [0.25, 0.3) is 5.91 Å². The Morgan fingerprint density at radius 1 is 1.06 bits per heavy atom. The van der Waals surface area contributed by atoms with Gasteiger partial charge in [-0.1, -0.05) is 72.3 Å². The fraction of sp³-hybridized carbons (Fsp3) is 0.125. The van der Waals surface area contributed by atoms with Crippen LogP contribution in [-0.4, -0.2) is 28.7 Å². The third-order valence-electron chi connectivity index (χ3n) is 4.90. The molecule has 1 fully saturated rings. The van der Waals surface area contributed by atoms with Crippen LogP contribution < -0.4 is 5.43 Å². The van der Waals surface area contributed by atoms with Crippen LogP contribution in [0.5, 0.6) is 0 Å². The number of rotatable bonds is 6. The largest absolute Gasteiger partial charge is 0.322 e. The minimum atomic E-state index is -0.314. The Kier molecular flexibility index (Phi) is 6.70. The van der Waals surface area contributed by atoms with Crippen LogP contribution in [-0.2, 0) is 11.3 Å². The van der Waals surface area contributed by atoms with E-state index < -0.39 is 0 Å². The first-order valence-corrected chi connectivity index (χ1v) is 11.2. The van der Waals surface area contributed by atoms with Gasteiger partial charge in [-0.25, -0.2) is 5.43 Å². The predicted molar refractivity (Wildman–Crippen MR) is 125 cm³/mol. The number of hydrogen-bond donors (Lipinski definition) is 1. The van der Waals surface area contributed by atoms with Crippen LogP contribution in [0.1, 0.15) is 32.4 Å². The third-order valence-corrected chi connectivity index (χ3v) is 6.50. The van der Waals surface area contributed by atoms with Crippen molar-refractivity contribution in [1.82, 2.24) is 10.3 Å². The van der Waals surface area contributed by atoms with Gasteiger partial charge in [0, 0.05) is 22.7 Å². The van der Waals surface area contributed by atoms with Gasteiger partial charge in [0.05, 0.1) is 12.0 Å². The number of halogens is 1. The number of hydrogen-bond acceptors (Lipinski definition) is 4. The zero-order valence-electron chi connectivity index (χ0n) is 16.6. The number of nitrogens with zero attached hydrogens (tertiary/aromatic N) is 2. The van der Waals surface area contributed by atoms with E-state index in [0.29, 0.717) is 22.9 Å². The monoisotopic (exact) mass is 449 g/mol. The average molecular weight is 450 g/mol. The lowest BCUT2D eigenvalue weighted by atomic mass is 10.1. The quantitative estimate of drug-likeness (QED) is 0.431. The SMILES string of the molecule is O=C(N/N=C\c1ccccc1Cl)c1ccc([C@H]2SCC(=O)N2Cc2ccccc2)cc1. The Bertz CT molecular complexity index is 1100. The third kappa shape index (κ3) is 5.16. The second-order valence-electron chi connectivity index (χ2n) is 7.01. The van der Waals surface area contributed by atoms with Gasteiger partial charge in [-0.3, -0.25) is 9.59 Å². The Morgan fingerprint density at radius 2 is 1.77 bits per heavy atom. The summed E-state index contributed by atoms with van der Waals surface area (Å²) in [5.74, 6) is 0.261. The molecule has 0 radical (unpaired) electrons. The maximum Gasteiger partial charge on any atom is 0.271 e. The summed E-state index contributed by atoms with van der Waals surface area (Å²) < 4.78 is 0. The van der Waals surface area contributed by atoms with Crippen LogP contribution >= 0.6 is 23.4 Å². The molecule has 1 saturated heterocycles.